The second-order valence-electron chi connectivity index (χ2n) is 7.45. The zero-order chi connectivity index (χ0) is 20.4. The average Bonchev–Trinajstić information content (AvgIpc) is 3.15. The highest BCUT2D eigenvalue weighted by molar-refractivity contribution is 5.94. The Bertz CT molecular complexity index is 1010. The molecular formula is C22H24N4O3. The molecule has 4 rings (SSSR count). The molecule has 0 saturated carbocycles. The third-order valence-electron chi connectivity index (χ3n) is 4.86. The van der Waals surface area contributed by atoms with E-state index in [9.17, 15) is 4.79 Å². The van der Waals surface area contributed by atoms with Crippen molar-refractivity contribution in [2.24, 2.45) is 5.92 Å². The summed E-state index contributed by atoms with van der Waals surface area (Å²) in [5.41, 5.74) is 2.54. The Morgan fingerprint density at radius 3 is 2.86 bits per heavy atom. The minimum atomic E-state index is -0.228. The SMILES string of the molecule is COc1cccc([C@@H]2CC(=O)Nc3c2ncn3-c2cccnc2)c1OCC(C)C. The molecule has 7 heteroatoms. The summed E-state index contributed by atoms with van der Waals surface area (Å²) < 4.78 is 13.5. The zero-order valence-electron chi connectivity index (χ0n) is 16.8. The largest absolute Gasteiger partial charge is 0.493 e. The molecule has 1 aliphatic heterocycles. The molecule has 2 aromatic heterocycles. The zero-order valence-corrected chi connectivity index (χ0v) is 16.8. The van der Waals surface area contributed by atoms with Gasteiger partial charge in [0.25, 0.3) is 0 Å². The number of amides is 1. The number of hydrogen-bond donors (Lipinski definition) is 1. The molecule has 0 aliphatic carbocycles. The molecule has 3 aromatic rings. The van der Waals surface area contributed by atoms with Gasteiger partial charge in [0.05, 0.1) is 31.3 Å². The highest BCUT2D eigenvalue weighted by Crippen LogP contribution is 2.44. The number of fused-ring (bicyclic) bond motifs is 1. The molecule has 0 spiro atoms. The normalized spacial score (nSPS) is 15.7. The highest BCUT2D eigenvalue weighted by Gasteiger charge is 2.33. The maximum atomic E-state index is 12.6. The van der Waals surface area contributed by atoms with Gasteiger partial charge in [-0.1, -0.05) is 26.0 Å². The topological polar surface area (TPSA) is 78.3 Å². The number of para-hydroxylation sites is 1. The predicted octanol–water partition coefficient (Wildman–Crippen LogP) is 3.78. The van der Waals surface area contributed by atoms with Crippen LogP contribution in [0.4, 0.5) is 5.82 Å². The van der Waals surface area contributed by atoms with Crippen molar-refractivity contribution in [1.82, 2.24) is 14.5 Å². The van der Waals surface area contributed by atoms with Crippen molar-refractivity contribution in [3.05, 3.63) is 60.3 Å². The molecule has 7 nitrogen and oxygen atoms in total. The Labute approximate surface area is 169 Å². The van der Waals surface area contributed by atoms with Crippen LogP contribution in [0, 0.1) is 5.92 Å². The lowest BCUT2D eigenvalue weighted by Gasteiger charge is -2.26. The second kappa shape index (κ2) is 7.95. The number of hydrogen-bond acceptors (Lipinski definition) is 5. The van der Waals surface area contributed by atoms with E-state index in [1.54, 1.807) is 25.8 Å². The first kappa shape index (κ1) is 19.0. The number of aromatic nitrogens is 3. The summed E-state index contributed by atoms with van der Waals surface area (Å²) in [6.45, 7) is 4.75. The first-order chi connectivity index (χ1) is 14.1. The number of anilines is 1. The number of ether oxygens (including phenoxy) is 2. The van der Waals surface area contributed by atoms with Crippen LogP contribution in [0.2, 0.25) is 0 Å². The minimum absolute atomic E-state index is 0.0641. The van der Waals surface area contributed by atoms with Gasteiger partial charge in [-0.15, -0.1) is 0 Å². The summed E-state index contributed by atoms with van der Waals surface area (Å²) in [5, 5.41) is 2.97. The van der Waals surface area contributed by atoms with Gasteiger partial charge in [0.1, 0.15) is 12.1 Å². The molecule has 1 atom stereocenters. The minimum Gasteiger partial charge on any atom is -0.493 e. The molecule has 1 amide bonds. The smallest absolute Gasteiger partial charge is 0.226 e. The Morgan fingerprint density at radius 1 is 1.28 bits per heavy atom. The lowest BCUT2D eigenvalue weighted by atomic mass is 9.89. The van der Waals surface area contributed by atoms with E-state index in [0.717, 1.165) is 16.9 Å². The molecule has 0 unspecified atom stereocenters. The summed E-state index contributed by atoms with van der Waals surface area (Å²) in [5.74, 6) is 2.06. The van der Waals surface area contributed by atoms with Crippen molar-refractivity contribution < 1.29 is 14.3 Å². The fraction of sp³-hybridized carbons (Fsp3) is 0.318. The number of pyridine rings is 1. The van der Waals surface area contributed by atoms with Crippen LogP contribution in [0.1, 0.15) is 37.4 Å². The first-order valence-electron chi connectivity index (χ1n) is 9.65. The predicted molar refractivity (Wildman–Crippen MR) is 110 cm³/mol. The summed E-state index contributed by atoms with van der Waals surface area (Å²) in [7, 11) is 1.62. The Balaban J connectivity index is 1.80. The van der Waals surface area contributed by atoms with Gasteiger partial charge >= 0.3 is 0 Å². The number of benzene rings is 1. The lowest BCUT2D eigenvalue weighted by Crippen LogP contribution is -2.25. The third kappa shape index (κ3) is 3.68. The van der Waals surface area contributed by atoms with Gasteiger partial charge in [-0.05, 0) is 24.1 Å². The van der Waals surface area contributed by atoms with Crippen molar-refractivity contribution in [2.45, 2.75) is 26.2 Å². The summed E-state index contributed by atoms with van der Waals surface area (Å²) >= 11 is 0. The Kier molecular flexibility index (Phi) is 5.20. The van der Waals surface area contributed by atoms with Gasteiger partial charge in [-0.25, -0.2) is 4.98 Å². The van der Waals surface area contributed by atoms with Crippen molar-refractivity contribution in [3.63, 3.8) is 0 Å². The van der Waals surface area contributed by atoms with Gasteiger partial charge in [0.2, 0.25) is 5.91 Å². The fourth-order valence-corrected chi connectivity index (χ4v) is 3.53. The molecular weight excluding hydrogens is 368 g/mol. The molecule has 150 valence electrons. The van der Waals surface area contributed by atoms with E-state index >= 15 is 0 Å². The number of carbonyl (C=O) groups is 1. The quantitative estimate of drug-likeness (QED) is 0.691. The van der Waals surface area contributed by atoms with Crippen LogP contribution < -0.4 is 14.8 Å². The maximum Gasteiger partial charge on any atom is 0.226 e. The molecule has 1 aromatic carbocycles. The number of rotatable bonds is 6. The molecule has 29 heavy (non-hydrogen) atoms. The Morgan fingerprint density at radius 2 is 2.14 bits per heavy atom. The monoisotopic (exact) mass is 392 g/mol. The molecule has 1 aliphatic rings. The molecule has 0 bridgehead atoms. The van der Waals surface area contributed by atoms with E-state index in [-0.39, 0.29) is 11.8 Å². The van der Waals surface area contributed by atoms with Crippen LogP contribution >= 0.6 is 0 Å². The molecule has 1 N–H and O–H groups in total. The lowest BCUT2D eigenvalue weighted by molar-refractivity contribution is -0.116. The van der Waals surface area contributed by atoms with Crippen molar-refractivity contribution in [1.29, 1.82) is 0 Å². The van der Waals surface area contributed by atoms with E-state index in [1.165, 1.54) is 0 Å². The number of imidazole rings is 1. The van der Waals surface area contributed by atoms with E-state index in [0.29, 0.717) is 36.3 Å². The van der Waals surface area contributed by atoms with Crippen LogP contribution in [-0.4, -0.2) is 34.2 Å². The van der Waals surface area contributed by atoms with Crippen LogP contribution in [0.15, 0.2) is 49.1 Å². The van der Waals surface area contributed by atoms with Crippen molar-refractivity contribution >= 4 is 11.7 Å². The standard InChI is InChI=1S/C22H24N4O3/c1-14(2)12-29-21-16(7-4-8-18(21)28-3)17-10-19(27)25-22-20(17)24-13-26(22)15-6-5-9-23-11-15/h4-9,11,13-14,17H,10,12H2,1-3H3,(H,25,27)/t17-/m0/s1. The molecule has 3 heterocycles. The number of methoxy groups -OCH3 is 1. The Hall–Kier alpha value is -3.35. The van der Waals surface area contributed by atoms with Crippen LogP contribution in [0.5, 0.6) is 11.5 Å². The number of nitrogens with one attached hydrogen (secondary N) is 1. The molecule has 0 saturated heterocycles. The number of carbonyl (C=O) groups excluding carboxylic acids is 1. The van der Waals surface area contributed by atoms with E-state index < -0.39 is 0 Å². The van der Waals surface area contributed by atoms with E-state index in [2.05, 4.69) is 29.1 Å². The van der Waals surface area contributed by atoms with Gasteiger partial charge in [0.15, 0.2) is 11.5 Å². The fourth-order valence-electron chi connectivity index (χ4n) is 3.53. The maximum absolute atomic E-state index is 12.6. The number of nitrogens with zero attached hydrogens (tertiary/aromatic N) is 3. The van der Waals surface area contributed by atoms with E-state index in [1.807, 2.05) is 34.9 Å². The summed E-state index contributed by atoms with van der Waals surface area (Å²) in [6, 6.07) is 9.55. The van der Waals surface area contributed by atoms with Gasteiger partial charge < -0.3 is 14.8 Å². The van der Waals surface area contributed by atoms with E-state index in [4.69, 9.17) is 9.47 Å². The van der Waals surface area contributed by atoms with Gasteiger partial charge in [-0.2, -0.15) is 0 Å². The summed E-state index contributed by atoms with van der Waals surface area (Å²) in [6.07, 6.45) is 5.46. The first-order valence-corrected chi connectivity index (χ1v) is 9.65. The average molecular weight is 392 g/mol. The van der Waals surface area contributed by atoms with Crippen LogP contribution in [-0.2, 0) is 4.79 Å². The van der Waals surface area contributed by atoms with Gasteiger partial charge in [0, 0.05) is 24.1 Å². The third-order valence-corrected chi connectivity index (χ3v) is 4.86. The summed E-state index contributed by atoms with van der Waals surface area (Å²) in [4.78, 5) is 21.4. The van der Waals surface area contributed by atoms with Crippen LogP contribution in [0.25, 0.3) is 5.69 Å². The molecule has 0 radical (unpaired) electrons. The van der Waals surface area contributed by atoms with Crippen molar-refractivity contribution in [3.8, 4) is 17.2 Å². The van der Waals surface area contributed by atoms with Gasteiger partial charge in [-0.3, -0.25) is 14.3 Å². The highest BCUT2D eigenvalue weighted by atomic mass is 16.5. The van der Waals surface area contributed by atoms with Crippen molar-refractivity contribution in [2.75, 3.05) is 19.0 Å². The van der Waals surface area contributed by atoms with Crippen LogP contribution in [0.3, 0.4) is 0 Å². The second-order valence-corrected chi connectivity index (χ2v) is 7.45. The molecule has 0 fully saturated rings.